The first-order valence-corrected chi connectivity index (χ1v) is 7.53. The summed E-state index contributed by atoms with van der Waals surface area (Å²) in [7, 11) is 1.88. The van der Waals surface area contributed by atoms with Crippen LogP contribution < -0.4 is 0 Å². The fraction of sp³-hybridized carbons (Fsp3) is 0.412. The lowest BCUT2D eigenvalue weighted by Crippen LogP contribution is -2.31. The van der Waals surface area contributed by atoms with Gasteiger partial charge in [-0.05, 0) is 36.0 Å². The predicted octanol–water partition coefficient (Wildman–Crippen LogP) is 2.46. The third kappa shape index (κ3) is 3.15. The van der Waals surface area contributed by atoms with Crippen LogP contribution in [0.2, 0.25) is 0 Å². The van der Waals surface area contributed by atoms with Crippen LogP contribution in [0.5, 0.6) is 0 Å². The molecule has 21 heavy (non-hydrogen) atoms. The molecule has 2 aromatic rings. The van der Waals surface area contributed by atoms with Gasteiger partial charge in [-0.1, -0.05) is 24.3 Å². The van der Waals surface area contributed by atoms with E-state index in [0.29, 0.717) is 18.9 Å². The van der Waals surface area contributed by atoms with E-state index in [2.05, 4.69) is 29.4 Å². The number of amides is 1. The molecule has 0 bridgehead atoms. The number of nitrogens with zero attached hydrogens (tertiary/aromatic N) is 3. The van der Waals surface area contributed by atoms with Crippen molar-refractivity contribution in [3.63, 3.8) is 0 Å². The fourth-order valence-corrected chi connectivity index (χ4v) is 3.03. The number of hydrogen-bond donors (Lipinski definition) is 0. The zero-order valence-corrected chi connectivity index (χ0v) is 12.4. The van der Waals surface area contributed by atoms with Gasteiger partial charge in [-0.15, -0.1) is 0 Å². The van der Waals surface area contributed by atoms with Gasteiger partial charge in [0.2, 0.25) is 5.91 Å². The molecule has 0 N–H and O–H groups in total. The highest BCUT2D eigenvalue weighted by Gasteiger charge is 2.25. The molecule has 1 aliphatic carbocycles. The van der Waals surface area contributed by atoms with E-state index in [-0.39, 0.29) is 5.91 Å². The molecule has 0 unspecified atom stereocenters. The van der Waals surface area contributed by atoms with E-state index in [0.717, 1.165) is 19.4 Å². The molecule has 1 aliphatic rings. The van der Waals surface area contributed by atoms with Gasteiger partial charge in [-0.3, -0.25) is 9.48 Å². The Labute approximate surface area is 125 Å². The van der Waals surface area contributed by atoms with Crippen molar-refractivity contribution in [3.05, 3.63) is 53.9 Å². The Morgan fingerprint density at radius 2 is 2.24 bits per heavy atom. The molecule has 0 radical (unpaired) electrons. The normalized spacial score (nSPS) is 16.7. The Hall–Kier alpha value is -2.10. The van der Waals surface area contributed by atoms with Crippen molar-refractivity contribution >= 4 is 5.91 Å². The topological polar surface area (TPSA) is 38.1 Å². The Bertz CT molecular complexity index is 606. The standard InChI is InChI=1S/C17H21N3O/c1-19(11-12-20-10-4-9-18-20)17(21)13-15-8-7-14-5-2-3-6-16(14)15/h2-6,9-10,15H,7-8,11-13H2,1H3/t15-/m1/s1. The smallest absolute Gasteiger partial charge is 0.222 e. The highest BCUT2D eigenvalue weighted by Crippen LogP contribution is 2.35. The largest absolute Gasteiger partial charge is 0.344 e. The number of carbonyl (C=O) groups excluding carboxylic acids is 1. The lowest BCUT2D eigenvalue weighted by molar-refractivity contribution is -0.130. The highest BCUT2D eigenvalue weighted by atomic mass is 16.2. The quantitative estimate of drug-likeness (QED) is 0.845. The number of rotatable bonds is 5. The molecular weight excluding hydrogens is 262 g/mol. The van der Waals surface area contributed by atoms with Crippen LogP contribution in [0.25, 0.3) is 0 Å². The van der Waals surface area contributed by atoms with Crippen LogP contribution in [0.3, 0.4) is 0 Å². The Morgan fingerprint density at radius 3 is 3.05 bits per heavy atom. The van der Waals surface area contributed by atoms with Crippen LogP contribution in [-0.4, -0.2) is 34.2 Å². The lowest BCUT2D eigenvalue weighted by atomic mass is 9.97. The first kappa shape index (κ1) is 13.9. The monoisotopic (exact) mass is 283 g/mol. The van der Waals surface area contributed by atoms with Crippen LogP contribution in [0.4, 0.5) is 0 Å². The third-order valence-electron chi connectivity index (χ3n) is 4.33. The number of likely N-dealkylation sites (N-methyl/N-ethyl adjacent to an activating group) is 1. The van der Waals surface area contributed by atoms with Crippen molar-refractivity contribution in [2.45, 2.75) is 31.7 Å². The van der Waals surface area contributed by atoms with Crippen LogP contribution in [-0.2, 0) is 17.8 Å². The maximum atomic E-state index is 12.4. The summed E-state index contributed by atoms with van der Waals surface area (Å²) in [5.74, 6) is 0.615. The Kier molecular flexibility index (Phi) is 4.04. The van der Waals surface area contributed by atoms with E-state index in [9.17, 15) is 4.79 Å². The fourth-order valence-electron chi connectivity index (χ4n) is 3.03. The number of aromatic nitrogens is 2. The van der Waals surface area contributed by atoms with Crippen LogP contribution in [0.15, 0.2) is 42.7 Å². The minimum atomic E-state index is 0.226. The maximum absolute atomic E-state index is 12.4. The summed E-state index contributed by atoms with van der Waals surface area (Å²) in [6.07, 6.45) is 6.50. The molecule has 110 valence electrons. The van der Waals surface area contributed by atoms with E-state index < -0.39 is 0 Å². The minimum Gasteiger partial charge on any atom is -0.344 e. The molecule has 0 saturated carbocycles. The van der Waals surface area contributed by atoms with Crippen LogP contribution in [0.1, 0.15) is 29.9 Å². The third-order valence-corrected chi connectivity index (χ3v) is 4.33. The van der Waals surface area contributed by atoms with Crippen LogP contribution in [0, 0.1) is 0 Å². The van der Waals surface area contributed by atoms with Crippen molar-refractivity contribution in [1.29, 1.82) is 0 Å². The maximum Gasteiger partial charge on any atom is 0.222 e. The van der Waals surface area contributed by atoms with E-state index in [4.69, 9.17) is 0 Å². The number of benzene rings is 1. The van der Waals surface area contributed by atoms with E-state index >= 15 is 0 Å². The zero-order chi connectivity index (χ0) is 14.7. The molecule has 0 fully saturated rings. The van der Waals surface area contributed by atoms with Crippen molar-refractivity contribution in [3.8, 4) is 0 Å². The number of fused-ring (bicyclic) bond motifs is 1. The number of hydrogen-bond acceptors (Lipinski definition) is 2. The molecule has 1 aromatic heterocycles. The molecule has 3 rings (SSSR count). The Morgan fingerprint density at radius 1 is 1.38 bits per heavy atom. The highest BCUT2D eigenvalue weighted by molar-refractivity contribution is 5.77. The van der Waals surface area contributed by atoms with Gasteiger partial charge in [0.05, 0.1) is 6.54 Å². The second-order valence-electron chi connectivity index (χ2n) is 5.72. The van der Waals surface area contributed by atoms with Gasteiger partial charge < -0.3 is 4.90 Å². The van der Waals surface area contributed by atoms with Gasteiger partial charge in [-0.2, -0.15) is 5.10 Å². The second kappa shape index (κ2) is 6.12. The molecule has 4 nitrogen and oxygen atoms in total. The van der Waals surface area contributed by atoms with Gasteiger partial charge in [0.25, 0.3) is 0 Å². The molecule has 4 heteroatoms. The van der Waals surface area contributed by atoms with E-state index in [1.165, 1.54) is 11.1 Å². The van der Waals surface area contributed by atoms with Crippen molar-refractivity contribution in [2.24, 2.45) is 0 Å². The summed E-state index contributed by atoms with van der Waals surface area (Å²) < 4.78 is 1.86. The van der Waals surface area contributed by atoms with Crippen LogP contribution >= 0.6 is 0 Å². The van der Waals surface area contributed by atoms with Gasteiger partial charge >= 0.3 is 0 Å². The molecule has 0 aliphatic heterocycles. The molecule has 1 aromatic carbocycles. The van der Waals surface area contributed by atoms with Gasteiger partial charge in [-0.25, -0.2) is 0 Å². The van der Waals surface area contributed by atoms with E-state index in [1.807, 2.05) is 28.9 Å². The van der Waals surface area contributed by atoms with Gasteiger partial charge in [0.1, 0.15) is 0 Å². The summed E-state index contributed by atoms with van der Waals surface area (Å²) in [6.45, 7) is 1.45. The van der Waals surface area contributed by atoms with Crippen molar-refractivity contribution < 1.29 is 4.79 Å². The van der Waals surface area contributed by atoms with Crippen molar-refractivity contribution in [1.82, 2.24) is 14.7 Å². The zero-order valence-electron chi connectivity index (χ0n) is 12.4. The SMILES string of the molecule is CN(CCn1cccn1)C(=O)C[C@H]1CCc2ccccc21. The minimum absolute atomic E-state index is 0.226. The average Bonchev–Trinajstić information content (AvgIpc) is 3.15. The molecule has 0 spiro atoms. The number of aryl methyl sites for hydroxylation is 1. The summed E-state index contributed by atoms with van der Waals surface area (Å²) >= 11 is 0. The molecule has 1 amide bonds. The average molecular weight is 283 g/mol. The molecule has 1 atom stereocenters. The molecule has 1 heterocycles. The number of carbonyl (C=O) groups is 1. The summed E-state index contributed by atoms with van der Waals surface area (Å²) in [6, 6.07) is 10.4. The second-order valence-corrected chi connectivity index (χ2v) is 5.72. The molecule has 0 saturated heterocycles. The molecular formula is C17H21N3O. The summed E-state index contributed by atoms with van der Waals surface area (Å²) in [5, 5.41) is 4.16. The van der Waals surface area contributed by atoms with E-state index in [1.54, 1.807) is 6.20 Å². The van der Waals surface area contributed by atoms with Gasteiger partial charge in [0.15, 0.2) is 0 Å². The first-order valence-electron chi connectivity index (χ1n) is 7.53. The summed E-state index contributed by atoms with van der Waals surface area (Å²) in [4.78, 5) is 14.2. The Balaban J connectivity index is 1.54. The van der Waals surface area contributed by atoms with Crippen molar-refractivity contribution in [2.75, 3.05) is 13.6 Å². The predicted molar refractivity (Wildman–Crippen MR) is 82.0 cm³/mol. The first-order chi connectivity index (χ1) is 10.2. The summed E-state index contributed by atoms with van der Waals surface area (Å²) in [5.41, 5.74) is 2.78. The lowest BCUT2D eigenvalue weighted by Gasteiger charge is -2.20. The van der Waals surface area contributed by atoms with Gasteiger partial charge in [0, 0.05) is 32.4 Å².